The zero-order chi connectivity index (χ0) is 9.23. The minimum atomic E-state index is 0. The molecule has 0 N–H and O–H groups in total. The van der Waals surface area contributed by atoms with Gasteiger partial charge >= 0.3 is 0 Å². The summed E-state index contributed by atoms with van der Waals surface area (Å²) < 4.78 is 0.658. The average Bonchev–Trinajstić information content (AvgIpc) is 1.82. The van der Waals surface area contributed by atoms with E-state index >= 15 is 0 Å². The fourth-order valence-corrected chi connectivity index (χ4v) is 0.708. The Kier molecular flexibility index (Phi) is 6.05. The molecule has 0 aromatic rings. The average molecular weight is 283 g/mol. The number of Topliss-reactive ketones (excluding diaryl/α,β-unsaturated/α-hetero) is 1. The smallest absolute Gasteiger partial charge is 0.214 e. The molecule has 0 bridgehead atoms. The zero-order valence-corrected chi connectivity index (χ0v) is 10.7. The predicted octanol–water partition coefficient (Wildman–Crippen LogP) is -1.77. The third-order valence-corrected chi connectivity index (χ3v) is 1.96. The lowest BCUT2D eigenvalue weighted by Crippen LogP contribution is -3.00. The molecule has 3 heteroatoms. The van der Waals surface area contributed by atoms with Crippen molar-refractivity contribution in [2.24, 2.45) is 0 Å². The Morgan fingerprint density at radius 3 is 1.75 bits per heavy atom. The van der Waals surface area contributed by atoms with Crippen LogP contribution in [-0.2, 0) is 4.79 Å². The second-order valence-corrected chi connectivity index (χ2v) is 3.94. The van der Waals surface area contributed by atoms with Crippen molar-refractivity contribution in [1.82, 2.24) is 0 Å². The molecular formula is C9H18INO. The summed E-state index contributed by atoms with van der Waals surface area (Å²) in [5, 5.41) is 0. The lowest BCUT2D eigenvalue weighted by molar-refractivity contribution is -0.884. The van der Waals surface area contributed by atoms with Gasteiger partial charge in [-0.15, -0.1) is 0 Å². The van der Waals surface area contributed by atoms with Crippen molar-refractivity contribution in [2.75, 3.05) is 21.1 Å². The molecule has 72 valence electrons. The Bertz CT molecular complexity index is 181. The van der Waals surface area contributed by atoms with Crippen LogP contribution in [0.2, 0.25) is 0 Å². The highest BCUT2D eigenvalue weighted by Gasteiger charge is 2.26. The molecule has 0 radical (unpaired) electrons. The van der Waals surface area contributed by atoms with Crippen LogP contribution in [0.3, 0.4) is 0 Å². The highest BCUT2D eigenvalue weighted by Crippen LogP contribution is 2.07. The van der Waals surface area contributed by atoms with Crippen molar-refractivity contribution in [2.45, 2.75) is 19.9 Å². The van der Waals surface area contributed by atoms with Gasteiger partial charge in [-0.05, 0) is 19.4 Å². The summed E-state index contributed by atoms with van der Waals surface area (Å²) in [5.74, 6) is 0.150. The summed E-state index contributed by atoms with van der Waals surface area (Å²) in [6.45, 7) is 7.32. The first kappa shape index (κ1) is 14.6. The summed E-state index contributed by atoms with van der Waals surface area (Å²) in [6.07, 6.45) is 0. The van der Waals surface area contributed by atoms with E-state index in [1.165, 1.54) is 0 Å². The Hall–Kier alpha value is 0.1000. The fourth-order valence-electron chi connectivity index (χ4n) is 0.708. The molecular weight excluding hydrogens is 265 g/mol. The summed E-state index contributed by atoms with van der Waals surface area (Å²) in [5.41, 5.74) is 0.644. The monoisotopic (exact) mass is 283 g/mol. The number of likely N-dealkylation sites (N-methyl/N-ethyl adjacent to an activating group) is 1. The first-order valence-electron chi connectivity index (χ1n) is 3.77. The Morgan fingerprint density at radius 1 is 1.33 bits per heavy atom. The zero-order valence-electron chi connectivity index (χ0n) is 8.52. The maximum absolute atomic E-state index is 11.4. The molecule has 0 aliphatic carbocycles. The number of nitrogens with zero attached hydrogens (tertiary/aromatic N) is 1. The molecule has 12 heavy (non-hydrogen) atoms. The molecule has 0 saturated heterocycles. The first-order chi connectivity index (χ1) is 4.76. The first-order valence-corrected chi connectivity index (χ1v) is 3.77. The SMILES string of the molecule is C=C(C)C(=O)C(C)[N+](C)(C)C.[I-]. The minimum absolute atomic E-state index is 0. The molecule has 2 nitrogen and oxygen atoms in total. The van der Waals surface area contributed by atoms with E-state index in [-0.39, 0.29) is 35.8 Å². The summed E-state index contributed by atoms with van der Waals surface area (Å²) >= 11 is 0. The molecule has 1 unspecified atom stereocenters. The van der Waals surface area contributed by atoms with Gasteiger partial charge in [0.1, 0.15) is 6.04 Å². The predicted molar refractivity (Wildman–Crippen MR) is 47.3 cm³/mol. The van der Waals surface area contributed by atoms with Crippen LogP contribution in [0.5, 0.6) is 0 Å². The van der Waals surface area contributed by atoms with E-state index in [1.54, 1.807) is 6.92 Å². The van der Waals surface area contributed by atoms with Crippen LogP contribution in [0, 0.1) is 0 Å². The summed E-state index contributed by atoms with van der Waals surface area (Å²) in [4.78, 5) is 11.4. The number of rotatable bonds is 3. The molecule has 0 fully saturated rings. The maximum atomic E-state index is 11.4. The van der Waals surface area contributed by atoms with Crippen molar-refractivity contribution >= 4 is 5.78 Å². The van der Waals surface area contributed by atoms with Crippen LogP contribution in [0.1, 0.15) is 13.8 Å². The molecule has 0 aromatic heterocycles. The van der Waals surface area contributed by atoms with Crippen molar-refractivity contribution in [3.8, 4) is 0 Å². The largest absolute Gasteiger partial charge is 1.00 e. The van der Waals surface area contributed by atoms with E-state index in [0.29, 0.717) is 10.1 Å². The van der Waals surface area contributed by atoms with Gasteiger partial charge in [0.25, 0.3) is 0 Å². The van der Waals surface area contributed by atoms with Gasteiger partial charge in [-0.1, -0.05) is 6.58 Å². The standard InChI is InChI=1S/C9H18NO.HI/c1-7(2)9(11)8(3)10(4,5)6;/h8H,1H2,2-6H3;1H/q+1;/p-1. The van der Waals surface area contributed by atoms with Gasteiger partial charge in [-0.25, -0.2) is 0 Å². The third-order valence-electron chi connectivity index (χ3n) is 1.96. The molecule has 0 spiro atoms. The lowest BCUT2D eigenvalue weighted by Gasteiger charge is -2.30. The maximum Gasteiger partial charge on any atom is 0.214 e. The molecule has 0 rings (SSSR count). The lowest BCUT2D eigenvalue weighted by atomic mass is 10.1. The van der Waals surface area contributed by atoms with Crippen LogP contribution in [0.25, 0.3) is 0 Å². The van der Waals surface area contributed by atoms with Crippen molar-refractivity contribution in [3.05, 3.63) is 12.2 Å². The highest BCUT2D eigenvalue weighted by atomic mass is 127. The summed E-state index contributed by atoms with van der Waals surface area (Å²) in [6, 6.07) is 0.00694. The molecule has 0 aliphatic rings. The van der Waals surface area contributed by atoms with Gasteiger partial charge in [0, 0.05) is 0 Å². The molecule has 0 amide bonds. The van der Waals surface area contributed by atoms with E-state index in [9.17, 15) is 4.79 Å². The van der Waals surface area contributed by atoms with Crippen molar-refractivity contribution in [3.63, 3.8) is 0 Å². The normalized spacial score (nSPS) is 13.1. The Labute approximate surface area is 92.2 Å². The second-order valence-electron chi connectivity index (χ2n) is 3.94. The fraction of sp³-hybridized carbons (Fsp3) is 0.667. The molecule has 1 atom stereocenters. The van der Waals surface area contributed by atoms with Gasteiger partial charge in [0.15, 0.2) is 0 Å². The van der Waals surface area contributed by atoms with Gasteiger partial charge in [-0.3, -0.25) is 4.79 Å². The van der Waals surface area contributed by atoms with Gasteiger partial charge < -0.3 is 28.5 Å². The van der Waals surface area contributed by atoms with E-state index in [4.69, 9.17) is 0 Å². The van der Waals surface area contributed by atoms with Crippen LogP contribution >= 0.6 is 0 Å². The number of halogens is 1. The van der Waals surface area contributed by atoms with Crippen LogP contribution in [0.4, 0.5) is 0 Å². The quantitative estimate of drug-likeness (QED) is 0.340. The molecule has 0 saturated carbocycles. The topological polar surface area (TPSA) is 17.1 Å². The van der Waals surface area contributed by atoms with Gasteiger partial charge in [-0.2, -0.15) is 0 Å². The van der Waals surface area contributed by atoms with Crippen LogP contribution < -0.4 is 24.0 Å². The third kappa shape index (κ3) is 4.21. The Morgan fingerprint density at radius 2 is 1.67 bits per heavy atom. The number of ketones is 1. The van der Waals surface area contributed by atoms with Crippen LogP contribution in [-0.4, -0.2) is 37.5 Å². The van der Waals surface area contributed by atoms with Gasteiger partial charge in [0.05, 0.1) is 21.1 Å². The highest BCUT2D eigenvalue weighted by molar-refractivity contribution is 5.97. The number of hydrogen-bond donors (Lipinski definition) is 0. The second kappa shape index (κ2) is 4.97. The van der Waals surface area contributed by atoms with Gasteiger partial charge in [0.2, 0.25) is 5.78 Å². The van der Waals surface area contributed by atoms with E-state index in [0.717, 1.165) is 0 Å². The molecule has 0 aromatic carbocycles. The Balaban J connectivity index is 0. The van der Waals surface area contributed by atoms with E-state index < -0.39 is 0 Å². The number of carbonyl (C=O) groups excluding carboxylic acids is 1. The van der Waals surface area contributed by atoms with Crippen molar-refractivity contribution < 1.29 is 33.3 Å². The van der Waals surface area contributed by atoms with Crippen LogP contribution in [0.15, 0.2) is 12.2 Å². The van der Waals surface area contributed by atoms with E-state index in [2.05, 4.69) is 6.58 Å². The number of carbonyl (C=O) groups is 1. The number of hydrogen-bond acceptors (Lipinski definition) is 1. The number of quaternary nitrogens is 1. The molecule has 0 aliphatic heterocycles. The minimum Gasteiger partial charge on any atom is -1.00 e. The summed E-state index contributed by atoms with van der Waals surface area (Å²) in [7, 11) is 6.02. The van der Waals surface area contributed by atoms with Crippen molar-refractivity contribution in [1.29, 1.82) is 0 Å². The van der Waals surface area contributed by atoms with E-state index in [1.807, 2.05) is 28.1 Å². The molecule has 0 heterocycles.